The monoisotopic (exact) mass is 313 g/mol. The van der Waals surface area contributed by atoms with Gasteiger partial charge in [0.25, 0.3) is 5.91 Å². The molecule has 0 spiro atoms. The van der Waals surface area contributed by atoms with Crippen molar-refractivity contribution >= 4 is 27.8 Å². The van der Waals surface area contributed by atoms with Crippen molar-refractivity contribution < 1.29 is 14.7 Å². The minimum atomic E-state index is -0.975. The minimum absolute atomic E-state index is 0.0900. The van der Waals surface area contributed by atoms with Crippen LogP contribution in [-0.2, 0) is 4.79 Å². The lowest BCUT2D eigenvalue weighted by molar-refractivity contribution is -0.146. The van der Waals surface area contributed by atoms with E-state index in [4.69, 9.17) is 5.11 Å². The SMILES string of the molecule is Cc1cc(Br)cc(C(=O)NCC(C)(C)C(=O)O)c1. The second kappa shape index (κ2) is 5.52. The molecule has 0 aliphatic carbocycles. The fourth-order valence-corrected chi connectivity index (χ4v) is 1.95. The number of halogens is 1. The highest BCUT2D eigenvalue weighted by atomic mass is 79.9. The number of amides is 1. The maximum absolute atomic E-state index is 11.9. The number of carbonyl (C=O) groups is 2. The summed E-state index contributed by atoms with van der Waals surface area (Å²) >= 11 is 3.32. The second-order valence-corrected chi connectivity index (χ2v) is 5.80. The van der Waals surface area contributed by atoms with Crippen molar-refractivity contribution in [1.29, 1.82) is 0 Å². The van der Waals surface area contributed by atoms with E-state index in [1.54, 1.807) is 26.0 Å². The second-order valence-electron chi connectivity index (χ2n) is 4.89. The number of carboxylic acid groups (broad SMARTS) is 1. The zero-order valence-electron chi connectivity index (χ0n) is 10.6. The molecular formula is C13H16BrNO3. The van der Waals surface area contributed by atoms with Crippen LogP contribution in [0.1, 0.15) is 29.8 Å². The number of carbonyl (C=O) groups excluding carboxylic acids is 1. The number of hydrogen-bond donors (Lipinski definition) is 2. The molecule has 1 aromatic rings. The first kappa shape index (κ1) is 14.7. The molecule has 0 aliphatic heterocycles. The van der Waals surface area contributed by atoms with Crippen LogP contribution in [0.15, 0.2) is 22.7 Å². The summed E-state index contributed by atoms with van der Waals surface area (Å²) in [5.41, 5.74) is 0.506. The number of carboxylic acids is 1. The van der Waals surface area contributed by atoms with Crippen molar-refractivity contribution in [2.75, 3.05) is 6.54 Å². The summed E-state index contributed by atoms with van der Waals surface area (Å²) in [7, 11) is 0. The maximum Gasteiger partial charge on any atom is 0.310 e. The molecule has 1 amide bonds. The summed E-state index contributed by atoms with van der Waals surface area (Å²) in [5.74, 6) is -1.21. The van der Waals surface area contributed by atoms with E-state index in [0.29, 0.717) is 5.56 Å². The molecule has 1 aromatic carbocycles. The lowest BCUT2D eigenvalue weighted by Crippen LogP contribution is -2.38. The Morgan fingerprint density at radius 3 is 2.44 bits per heavy atom. The van der Waals surface area contributed by atoms with E-state index in [0.717, 1.165) is 10.0 Å². The van der Waals surface area contributed by atoms with Crippen molar-refractivity contribution in [2.45, 2.75) is 20.8 Å². The van der Waals surface area contributed by atoms with Crippen molar-refractivity contribution in [3.05, 3.63) is 33.8 Å². The quantitative estimate of drug-likeness (QED) is 0.898. The van der Waals surface area contributed by atoms with Crippen LogP contribution < -0.4 is 5.32 Å². The van der Waals surface area contributed by atoms with E-state index in [-0.39, 0.29) is 12.5 Å². The van der Waals surface area contributed by atoms with Gasteiger partial charge in [0.15, 0.2) is 0 Å². The minimum Gasteiger partial charge on any atom is -0.481 e. The van der Waals surface area contributed by atoms with Gasteiger partial charge in [0, 0.05) is 16.6 Å². The van der Waals surface area contributed by atoms with E-state index in [2.05, 4.69) is 21.2 Å². The molecule has 0 heterocycles. The van der Waals surface area contributed by atoms with Gasteiger partial charge in [-0.15, -0.1) is 0 Å². The van der Waals surface area contributed by atoms with Crippen LogP contribution in [0, 0.1) is 12.3 Å². The molecule has 0 bridgehead atoms. The largest absolute Gasteiger partial charge is 0.481 e. The van der Waals surface area contributed by atoms with Gasteiger partial charge in [-0.2, -0.15) is 0 Å². The third-order valence-electron chi connectivity index (χ3n) is 2.57. The number of aliphatic carboxylic acids is 1. The Kier molecular flexibility index (Phi) is 4.51. The number of hydrogen-bond acceptors (Lipinski definition) is 2. The molecule has 2 N–H and O–H groups in total. The molecule has 18 heavy (non-hydrogen) atoms. The maximum atomic E-state index is 11.9. The van der Waals surface area contributed by atoms with Crippen LogP contribution in [0.25, 0.3) is 0 Å². The predicted octanol–water partition coefficient (Wildman–Crippen LogP) is 2.60. The van der Waals surface area contributed by atoms with Gasteiger partial charge >= 0.3 is 5.97 Å². The van der Waals surface area contributed by atoms with E-state index < -0.39 is 11.4 Å². The molecule has 0 saturated heterocycles. The van der Waals surface area contributed by atoms with E-state index in [1.807, 2.05) is 13.0 Å². The van der Waals surface area contributed by atoms with Crippen LogP contribution in [0.5, 0.6) is 0 Å². The van der Waals surface area contributed by atoms with Gasteiger partial charge < -0.3 is 10.4 Å². The average Bonchev–Trinajstić information content (AvgIpc) is 2.24. The zero-order chi connectivity index (χ0) is 13.9. The Balaban J connectivity index is 2.75. The highest BCUT2D eigenvalue weighted by Gasteiger charge is 2.27. The molecule has 98 valence electrons. The molecule has 1 rings (SSSR count). The molecule has 0 fully saturated rings. The fourth-order valence-electron chi connectivity index (χ4n) is 1.35. The summed E-state index contributed by atoms with van der Waals surface area (Å²) in [6.07, 6.45) is 0. The first-order valence-corrected chi connectivity index (χ1v) is 6.30. The Labute approximate surface area is 115 Å². The Bertz CT molecular complexity index is 463. The summed E-state index contributed by atoms with van der Waals surface area (Å²) < 4.78 is 0.824. The molecule has 0 atom stereocenters. The summed E-state index contributed by atoms with van der Waals surface area (Å²) in [6, 6.07) is 5.36. The molecule has 0 saturated carbocycles. The first-order chi connectivity index (χ1) is 8.22. The van der Waals surface area contributed by atoms with Crippen LogP contribution in [-0.4, -0.2) is 23.5 Å². The summed E-state index contributed by atoms with van der Waals surface area (Å²) in [5, 5.41) is 11.6. The highest BCUT2D eigenvalue weighted by Crippen LogP contribution is 2.16. The third kappa shape index (κ3) is 3.84. The molecule has 5 heteroatoms. The summed E-state index contributed by atoms with van der Waals surface area (Å²) in [6.45, 7) is 5.12. The number of aryl methyl sites for hydroxylation is 1. The highest BCUT2D eigenvalue weighted by molar-refractivity contribution is 9.10. The number of rotatable bonds is 4. The Hall–Kier alpha value is -1.36. The molecule has 4 nitrogen and oxygen atoms in total. The van der Waals surface area contributed by atoms with E-state index in [1.165, 1.54) is 0 Å². The van der Waals surface area contributed by atoms with E-state index in [9.17, 15) is 9.59 Å². The molecule has 0 aliphatic rings. The lowest BCUT2D eigenvalue weighted by Gasteiger charge is -2.19. The average molecular weight is 314 g/mol. The standard InChI is InChI=1S/C13H16BrNO3/c1-8-4-9(6-10(14)5-8)11(16)15-7-13(2,3)12(17)18/h4-6H,7H2,1-3H3,(H,15,16)(H,17,18). The normalized spacial score (nSPS) is 11.1. The van der Waals surface area contributed by atoms with Crippen LogP contribution in [0.2, 0.25) is 0 Å². The summed E-state index contributed by atoms with van der Waals surface area (Å²) in [4.78, 5) is 22.8. The first-order valence-electron chi connectivity index (χ1n) is 5.51. The third-order valence-corrected chi connectivity index (χ3v) is 3.03. The van der Waals surface area contributed by atoms with Crippen LogP contribution >= 0.6 is 15.9 Å². The van der Waals surface area contributed by atoms with Gasteiger partial charge in [-0.05, 0) is 44.5 Å². The molecule has 0 radical (unpaired) electrons. The topological polar surface area (TPSA) is 66.4 Å². The fraction of sp³-hybridized carbons (Fsp3) is 0.385. The number of benzene rings is 1. The molecule has 0 aromatic heterocycles. The van der Waals surface area contributed by atoms with Gasteiger partial charge in [-0.3, -0.25) is 9.59 Å². The van der Waals surface area contributed by atoms with Gasteiger partial charge in [-0.1, -0.05) is 15.9 Å². The van der Waals surface area contributed by atoms with Crippen molar-refractivity contribution in [3.8, 4) is 0 Å². The van der Waals surface area contributed by atoms with E-state index >= 15 is 0 Å². The van der Waals surface area contributed by atoms with Crippen molar-refractivity contribution in [2.24, 2.45) is 5.41 Å². The molecular weight excluding hydrogens is 298 g/mol. The lowest BCUT2D eigenvalue weighted by atomic mass is 9.94. The van der Waals surface area contributed by atoms with Crippen LogP contribution in [0.4, 0.5) is 0 Å². The van der Waals surface area contributed by atoms with Crippen molar-refractivity contribution in [3.63, 3.8) is 0 Å². The van der Waals surface area contributed by atoms with Gasteiger partial charge in [0.2, 0.25) is 0 Å². The van der Waals surface area contributed by atoms with Crippen molar-refractivity contribution in [1.82, 2.24) is 5.32 Å². The smallest absolute Gasteiger partial charge is 0.310 e. The Morgan fingerprint density at radius 2 is 1.94 bits per heavy atom. The van der Waals surface area contributed by atoms with Gasteiger partial charge in [0.1, 0.15) is 0 Å². The molecule has 0 unspecified atom stereocenters. The predicted molar refractivity (Wildman–Crippen MR) is 72.6 cm³/mol. The van der Waals surface area contributed by atoms with Gasteiger partial charge in [-0.25, -0.2) is 0 Å². The number of nitrogens with one attached hydrogen (secondary N) is 1. The zero-order valence-corrected chi connectivity index (χ0v) is 12.2. The Morgan fingerprint density at radius 1 is 1.33 bits per heavy atom. The van der Waals surface area contributed by atoms with Gasteiger partial charge in [0.05, 0.1) is 5.41 Å². The van der Waals surface area contributed by atoms with Crippen LogP contribution in [0.3, 0.4) is 0 Å².